The number of likely N-dealkylation sites (tertiary alicyclic amines) is 1. The van der Waals surface area contributed by atoms with Gasteiger partial charge in [0, 0.05) is 19.7 Å². The molecule has 0 radical (unpaired) electrons. The molecule has 4 nitrogen and oxygen atoms in total. The van der Waals surface area contributed by atoms with Crippen molar-refractivity contribution in [2.45, 2.75) is 51.0 Å². The summed E-state index contributed by atoms with van der Waals surface area (Å²) in [5.41, 5.74) is 6.63. The lowest BCUT2D eigenvalue weighted by atomic mass is 9.92. The van der Waals surface area contributed by atoms with Crippen molar-refractivity contribution >= 4 is 18.3 Å². The number of hydrogen-bond acceptors (Lipinski definition) is 3. The standard InChI is InChI=1S/C19H30N2O2.ClH/c1-2-7-18(16-8-4-3-5-9-16)19(22)21-13-10-17(11-14-21)23-15-6-12-20;/h3-5,8-9,17-18H,2,6-7,10-15,20H2,1H3;1H. The Balaban J connectivity index is 0.00000288. The summed E-state index contributed by atoms with van der Waals surface area (Å²) in [6.07, 6.45) is 4.99. The van der Waals surface area contributed by atoms with Crippen molar-refractivity contribution in [2.75, 3.05) is 26.2 Å². The summed E-state index contributed by atoms with van der Waals surface area (Å²) < 4.78 is 5.83. The van der Waals surface area contributed by atoms with Gasteiger partial charge in [0.15, 0.2) is 0 Å². The molecule has 0 spiro atoms. The fraction of sp³-hybridized carbons (Fsp3) is 0.632. The average Bonchev–Trinajstić information content (AvgIpc) is 2.61. The quantitative estimate of drug-likeness (QED) is 0.728. The van der Waals surface area contributed by atoms with Crippen molar-refractivity contribution in [3.8, 4) is 0 Å². The zero-order valence-electron chi connectivity index (χ0n) is 14.7. The number of ether oxygens (including phenoxy) is 1. The number of nitrogens with zero attached hydrogens (tertiary/aromatic N) is 1. The first-order chi connectivity index (χ1) is 11.3. The van der Waals surface area contributed by atoms with Crippen molar-refractivity contribution in [1.29, 1.82) is 0 Å². The predicted octanol–water partition coefficient (Wildman–Crippen LogP) is 3.35. The molecule has 1 unspecified atom stereocenters. The summed E-state index contributed by atoms with van der Waals surface area (Å²) in [7, 11) is 0. The maximum absolute atomic E-state index is 12.9. The lowest BCUT2D eigenvalue weighted by Crippen LogP contribution is -2.43. The Morgan fingerprint density at radius 2 is 1.96 bits per heavy atom. The number of hydrogen-bond donors (Lipinski definition) is 1. The third-order valence-corrected chi connectivity index (χ3v) is 4.53. The summed E-state index contributed by atoms with van der Waals surface area (Å²) in [6.45, 7) is 5.16. The molecule has 2 N–H and O–H groups in total. The molecule has 1 aromatic carbocycles. The van der Waals surface area contributed by atoms with E-state index in [9.17, 15) is 4.79 Å². The van der Waals surface area contributed by atoms with Crippen LogP contribution in [0, 0.1) is 0 Å². The SMILES string of the molecule is CCCC(C(=O)N1CCC(OCCCN)CC1)c1ccccc1.Cl. The van der Waals surface area contributed by atoms with Crippen LogP contribution in [0.2, 0.25) is 0 Å². The van der Waals surface area contributed by atoms with Gasteiger partial charge in [-0.25, -0.2) is 0 Å². The van der Waals surface area contributed by atoms with Crippen LogP contribution in [0.3, 0.4) is 0 Å². The Labute approximate surface area is 152 Å². The van der Waals surface area contributed by atoms with Gasteiger partial charge in [-0.3, -0.25) is 4.79 Å². The molecule has 24 heavy (non-hydrogen) atoms. The fourth-order valence-electron chi connectivity index (χ4n) is 3.20. The number of halogens is 1. The molecule has 1 atom stereocenters. The molecule has 1 saturated heterocycles. The summed E-state index contributed by atoms with van der Waals surface area (Å²) in [4.78, 5) is 14.9. The van der Waals surface area contributed by atoms with Crippen LogP contribution in [-0.4, -0.2) is 43.2 Å². The van der Waals surface area contributed by atoms with Crippen LogP contribution in [-0.2, 0) is 9.53 Å². The molecule has 1 aliphatic rings. The molecule has 0 saturated carbocycles. The number of carbonyl (C=O) groups excluding carboxylic acids is 1. The third kappa shape index (κ3) is 6.08. The lowest BCUT2D eigenvalue weighted by Gasteiger charge is -2.34. The molecule has 2 rings (SSSR count). The molecule has 0 bridgehead atoms. The number of piperidine rings is 1. The first kappa shape index (κ1) is 20.9. The molecule has 0 aliphatic carbocycles. The Hall–Kier alpha value is -1.10. The van der Waals surface area contributed by atoms with E-state index in [1.165, 1.54) is 0 Å². The Morgan fingerprint density at radius 1 is 1.29 bits per heavy atom. The minimum atomic E-state index is -0.00379. The minimum Gasteiger partial charge on any atom is -0.378 e. The molecule has 5 heteroatoms. The summed E-state index contributed by atoms with van der Waals surface area (Å²) in [5, 5.41) is 0. The zero-order valence-corrected chi connectivity index (χ0v) is 15.5. The van der Waals surface area contributed by atoms with Gasteiger partial charge in [-0.15, -0.1) is 12.4 Å². The largest absolute Gasteiger partial charge is 0.378 e. The van der Waals surface area contributed by atoms with Crippen LogP contribution in [0.5, 0.6) is 0 Å². The van der Waals surface area contributed by atoms with E-state index in [-0.39, 0.29) is 30.3 Å². The van der Waals surface area contributed by atoms with Crippen LogP contribution < -0.4 is 5.73 Å². The first-order valence-electron chi connectivity index (χ1n) is 8.91. The van der Waals surface area contributed by atoms with Gasteiger partial charge in [0.05, 0.1) is 12.0 Å². The van der Waals surface area contributed by atoms with Crippen molar-refractivity contribution in [3.05, 3.63) is 35.9 Å². The van der Waals surface area contributed by atoms with E-state index in [2.05, 4.69) is 19.1 Å². The third-order valence-electron chi connectivity index (χ3n) is 4.53. The second-order valence-electron chi connectivity index (χ2n) is 6.29. The molecule has 136 valence electrons. The Kier molecular flexibility index (Phi) is 9.99. The Bertz CT molecular complexity index is 462. The monoisotopic (exact) mass is 354 g/mol. The highest BCUT2D eigenvalue weighted by Gasteiger charge is 2.28. The van der Waals surface area contributed by atoms with Crippen LogP contribution >= 0.6 is 12.4 Å². The van der Waals surface area contributed by atoms with Crippen LogP contribution in [0.1, 0.15) is 50.5 Å². The van der Waals surface area contributed by atoms with Gasteiger partial charge in [0.1, 0.15) is 0 Å². The van der Waals surface area contributed by atoms with Crippen molar-refractivity contribution in [2.24, 2.45) is 5.73 Å². The van der Waals surface area contributed by atoms with E-state index >= 15 is 0 Å². The van der Waals surface area contributed by atoms with Gasteiger partial charge < -0.3 is 15.4 Å². The highest BCUT2D eigenvalue weighted by molar-refractivity contribution is 5.85. The topological polar surface area (TPSA) is 55.6 Å². The zero-order chi connectivity index (χ0) is 16.5. The van der Waals surface area contributed by atoms with E-state index in [1.54, 1.807) is 0 Å². The van der Waals surface area contributed by atoms with Crippen molar-refractivity contribution in [1.82, 2.24) is 4.90 Å². The summed E-state index contributed by atoms with van der Waals surface area (Å²) in [5.74, 6) is 0.273. The van der Waals surface area contributed by atoms with Crippen LogP contribution in [0.25, 0.3) is 0 Å². The minimum absolute atomic E-state index is 0. The molecule has 1 amide bonds. The normalized spacial score (nSPS) is 16.5. The molecule has 1 heterocycles. The summed E-state index contributed by atoms with van der Waals surface area (Å²) >= 11 is 0. The van der Waals surface area contributed by atoms with E-state index < -0.39 is 0 Å². The lowest BCUT2D eigenvalue weighted by molar-refractivity contribution is -0.135. The molecular formula is C19H31ClN2O2. The van der Waals surface area contributed by atoms with Gasteiger partial charge in [0.2, 0.25) is 5.91 Å². The molecule has 1 fully saturated rings. The fourth-order valence-corrected chi connectivity index (χ4v) is 3.20. The van der Waals surface area contributed by atoms with Gasteiger partial charge >= 0.3 is 0 Å². The predicted molar refractivity (Wildman–Crippen MR) is 101 cm³/mol. The number of benzene rings is 1. The van der Waals surface area contributed by atoms with Crippen LogP contribution in [0.15, 0.2) is 30.3 Å². The number of amides is 1. The van der Waals surface area contributed by atoms with Crippen LogP contribution in [0.4, 0.5) is 0 Å². The van der Waals surface area contributed by atoms with Crippen molar-refractivity contribution in [3.63, 3.8) is 0 Å². The molecule has 1 aliphatic heterocycles. The summed E-state index contributed by atoms with van der Waals surface area (Å²) in [6, 6.07) is 10.2. The Morgan fingerprint density at radius 3 is 2.54 bits per heavy atom. The number of nitrogens with two attached hydrogens (primary N) is 1. The number of carbonyl (C=O) groups is 1. The van der Waals surface area contributed by atoms with Gasteiger partial charge in [0.25, 0.3) is 0 Å². The maximum atomic E-state index is 12.9. The van der Waals surface area contributed by atoms with E-state index in [4.69, 9.17) is 10.5 Å². The van der Waals surface area contributed by atoms with E-state index in [0.29, 0.717) is 6.54 Å². The second kappa shape index (κ2) is 11.5. The van der Waals surface area contributed by atoms with E-state index in [1.807, 2.05) is 23.1 Å². The van der Waals surface area contributed by atoms with Gasteiger partial charge in [-0.1, -0.05) is 43.7 Å². The van der Waals surface area contributed by atoms with Gasteiger partial charge in [-0.05, 0) is 37.8 Å². The highest BCUT2D eigenvalue weighted by Crippen LogP contribution is 2.26. The smallest absolute Gasteiger partial charge is 0.230 e. The maximum Gasteiger partial charge on any atom is 0.230 e. The molecular weight excluding hydrogens is 324 g/mol. The second-order valence-corrected chi connectivity index (χ2v) is 6.29. The molecule has 0 aromatic heterocycles. The first-order valence-corrected chi connectivity index (χ1v) is 8.91. The van der Waals surface area contributed by atoms with Gasteiger partial charge in [-0.2, -0.15) is 0 Å². The molecule has 1 aromatic rings. The van der Waals surface area contributed by atoms with Crippen molar-refractivity contribution < 1.29 is 9.53 Å². The number of rotatable bonds is 8. The van der Waals surface area contributed by atoms with E-state index in [0.717, 1.165) is 57.4 Å². The highest BCUT2D eigenvalue weighted by atomic mass is 35.5. The average molecular weight is 355 g/mol.